The number of quaternary nitrogens is 1. The number of nitrogens with zero attached hydrogens (tertiary/aromatic N) is 1. The van der Waals surface area contributed by atoms with Gasteiger partial charge in [-0.2, -0.15) is 0 Å². The fraction of sp³-hybridized carbons (Fsp3) is 0.409. The van der Waals surface area contributed by atoms with E-state index in [1.807, 2.05) is 0 Å². The maximum atomic E-state index is 12.5. The Bertz CT molecular complexity index is 769. The van der Waals surface area contributed by atoms with Gasteiger partial charge >= 0.3 is 0 Å². The number of hydrogen-bond donors (Lipinski definition) is 1. The number of benzene rings is 2. The molecule has 130 valence electrons. The van der Waals surface area contributed by atoms with Gasteiger partial charge in [0.25, 0.3) is 0 Å². The minimum absolute atomic E-state index is 0.348. The van der Waals surface area contributed by atoms with Crippen LogP contribution in [0.5, 0.6) is 0 Å². The summed E-state index contributed by atoms with van der Waals surface area (Å²) in [6.45, 7) is 4.95. The molecular weight excluding hydrogens is 308 g/mol. The van der Waals surface area contributed by atoms with Gasteiger partial charge in [0, 0.05) is 12.0 Å². The molecule has 1 N–H and O–H groups in total. The van der Waals surface area contributed by atoms with Crippen LogP contribution in [0.1, 0.15) is 24.8 Å². The molecule has 0 unspecified atom stereocenters. The van der Waals surface area contributed by atoms with E-state index < -0.39 is 0 Å². The Morgan fingerprint density at radius 1 is 1.08 bits per heavy atom. The Kier molecular flexibility index (Phi) is 4.84. The number of piperazine rings is 1. The molecule has 1 heterocycles. The van der Waals surface area contributed by atoms with Crippen molar-refractivity contribution >= 4 is 16.7 Å². The molecule has 1 saturated heterocycles. The van der Waals surface area contributed by atoms with Crippen molar-refractivity contribution in [3.05, 3.63) is 60.2 Å². The van der Waals surface area contributed by atoms with Gasteiger partial charge in [-0.05, 0) is 29.5 Å². The van der Waals surface area contributed by atoms with Crippen LogP contribution in [-0.2, 0) is 11.3 Å². The predicted octanol–water partition coefficient (Wildman–Crippen LogP) is 2.42. The normalized spacial score (nSPS) is 21.1. The molecule has 1 atom stereocenters. The number of carbonyl (C=O) groups excluding carboxylic acids is 1. The molecule has 0 aromatic heterocycles. The number of hydrogen-bond acceptors (Lipinski definition) is 1. The second-order valence-electron chi connectivity index (χ2n) is 7.42. The first-order chi connectivity index (χ1) is 12.3. The van der Waals surface area contributed by atoms with Crippen molar-refractivity contribution in [3.8, 4) is 0 Å². The Morgan fingerprint density at radius 3 is 2.68 bits per heavy atom. The first-order valence-corrected chi connectivity index (χ1v) is 9.54. The molecular formula is C22H27N2O+. The van der Waals surface area contributed by atoms with Gasteiger partial charge in [-0.15, -0.1) is 0 Å². The first kappa shape index (κ1) is 16.3. The zero-order chi connectivity index (χ0) is 17.1. The zero-order valence-corrected chi connectivity index (χ0v) is 14.8. The summed E-state index contributed by atoms with van der Waals surface area (Å²) >= 11 is 0. The van der Waals surface area contributed by atoms with Crippen molar-refractivity contribution in [1.29, 1.82) is 0 Å². The van der Waals surface area contributed by atoms with Gasteiger partial charge in [0.15, 0.2) is 0 Å². The maximum absolute atomic E-state index is 12.5. The summed E-state index contributed by atoms with van der Waals surface area (Å²) in [5, 5.41) is 2.68. The van der Waals surface area contributed by atoms with E-state index in [2.05, 4.69) is 59.5 Å². The van der Waals surface area contributed by atoms with E-state index in [9.17, 15) is 4.79 Å². The van der Waals surface area contributed by atoms with E-state index in [0.29, 0.717) is 18.2 Å². The Balaban J connectivity index is 1.34. The van der Waals surface area contributed by atoms with E-state index in [0.717, 1.165) is 45.6 Å². The van der Waals surface area contributed by atoms with Crippen LogP contribution in [0.3, 0.4) is 0 Å². The third-order valence-electron chi connectivity index (χ3n) is 5.69. The highest BCUT2D eigenvalue weighted by atomic mass is 16.2. The van der Waals surface area contributed by atoms with Crippen LogP contribution in [0.25, 0.3) is 10.8 Å². The Morgan fingerprint density at radius 2 is 1.88 bits per heavy atom. The van der Waals surface area contributed by atoms with Crippen LogP contribution in [-0.4, -0.2) is 37.0 Å². The summed E-state index contributed by atoms with van der Waals surface area (Å²) < 4.78 is 0. The number of rotatable bonds is 4. The fourth-order valence-electron chi connectivity index (χ4n) is 4.18. The van der Waals surface area contributed by atoms with Crippen molar-refractivity contribution in [2.24, 2.45) is 5.92 Å². The van der Waals surface area contributed by atoms with Crippen molar-refractivity contribution in [2.45, 2.75) is 25.8 Å². The molecule has 2 aliphatic rings. The van der Waals surface area contributed by atoms with Crippen LogP contribution in [0.15, 0.2) is 54.6 Å². The fourth-order valence-corrected chi connectivity index (χ4v) is 4.18. The lowest BCUT2D eigenvalue weighted by Gasteiger charge is -2.33. The lowest BCUT2D eigenvalue weighted by Crippen LogP contribution is -3.13. The van der Waals surface area contributed by atoms with Gasteiger partial charge in [-0.3, -0.25) is 4.79 Å². The lowest BCUT2D eigenvalue weighted by molar-refractivity contribution is -0.917. The van der Waals surface area contributed by atoms with Crippen molar-refractivity contribution in [3.63, 3.8) is 0 Å². The molecule has 25 heavy (non-hydrogen) atoms. The average Bonchev–Trinajstić information content (AvgIpc) is 3.16. The van der Waals surface area contributed by atoms with Crippen LogP contribution in [0.4, 0.5) is 0 Å². The molecule has 0 spiro atoms. The Labute approximate surface area is 149 Å². The molecule has 0 bridgehead atoms. The summed E-state index contributed by atoms with van der Waals surface area (Å²) in [6.07, 6.45) is 7.43. The maximum Gasteiger partial charge on any atom is 0.223 e. The highest BCUT2D eigenvalue weighted by molar-refractivity contribution is 5.85. The average molecular weight is 335 g/mol. The van der Waals surface area contributed by atoms with Crippen molar-refractivity contribution in [2.75, 3.05) is 26.2 Å². The van der Waals surface area contributed by atoms with E-state index in [4.69, 9.17) is 0 Å². The van der Waals surface area contributed by atoms with E-state index >= 15 is 0 Å². The van der Waals surface area contributed by atoms with Crippen LogP contribution in [0.2, 0.25) is 0 Å². The first-order valence-electron chi connectivity index (χ1n) is 9.54. The molecule has 3 nitrogen and oxygen atoms in total. The summed E-state index contributed by atoms with van der Waals surface area (Å²) in [7, 11) is 0. The standard InChI is InChI=1S/C22H26N2O/c25-22(16-18-6-1-2-7-18)24-14-12-23(13-15-24)17-20-10-5-9-19-8-3-4-11-21(19)20/h1,3-6,8-11,18H,2,7,12-17H2/p+1/t18-/m1/s1. The number of amides is 1. The molecule has 0 radical (unpaired) electrons. The molecule has 3 heteroatoms. The van der Waals surface area contributed by atoms with Crippen LogP contribution in [0, 0.1) is 5.92 Å². The number of nitrogens with one attached hydrogen (secondary N) is 1. The SMILES string of the molecule is O=C(C[C@@H]1C=CCC1)N1CC[NH+](Cc2cccc3ccccc23)CC1. The topological polar surface area (TPSA) is 24.8 Å². The van der Waals surface area contributed by atoms with E-state index in [1.54, 1.807) is 4.90 Å². The highest BCUT2D eigenvalue weighted by Crippen LogP contribution is 2.21. The van der Waals surface area contributed by atoms with Crippen molar-refractivity contribution < 1.29 is 9.69 Å². The highest BCUT2D eigenvalue weighted by Gasteiger charge is 2.25. The number of carbonyl (C=O) groups is 1. The molecule has 1 fully saturated rings. The molecule has 0 saturated carbocycles. The van der Waals surface area contributed by atoms with Crippen LogP contribution >= 0.6 is 0 Å². The van der Waals surface area contributed by atoms with Gasteiger partial charge in [0.1, 0.15) is 6.54 Å². The lowest BCUT2D eigenvalue weighted by atomic mass is 10.0. The minimum Gasteiger partial charge on any atom is -0.331 e. The zero-order valence-electron chi connectivity index (χ0n) is 14.8. The molecule has 1 amide bonds. The van der Waals surface area contributed by atoms with Crippen LogP contribution < -0.4 is 4.90 Å². The molecule has 2 aromatic rings. The van der Waals surface area contributed by atoms with Gasteiger partial charge in [0.2, 0.25) is 5.91 Å². The van der Waals surface area contributed by atoms with Crippen molar-refractivity contribution in [1.82, 2.24) is 4.90 Å². The third kappa shape index (κ3) is 3.77. The molecule has 2 aromatic carbocycles. The van der Waals surface area contributed by atoms with Gasteiger partial charge in [-0.25, -0.2) is 0 Å². The summed E-state index contributed by atoms with van der Waals surface area (Å²) in [4.78, 5) is 16.1. The largest absolute Gasteiger partial charge is 0.331 e. The molecule has 1 aliphatic heterocycles. The third-order valence-corrected chi connectivity index (χ3v) is 5.69. The van der Waals surface area contributed by atoms with E-state index in [1.165, 1.54) is 16.3 Å². The monoisotopic (exact) mass is 335 g/mol. The summed E-state index contributed by atoms with van der Waals surface area (Å²) in [6, 6.07) is 15.2. The second-order valence-corrected chi connectivity index (χ2v) is 7.42. The van der Waals surface area contributed by atoms with Gasteiger partial charge in [-0.1, -0.05) is 54.6 Å². The smallest absolute Gasteiger partial charge is 0.223 e. The Hall–Kier alpha value is -2.13. The quantitative estimate of drug-likeness (QED) is 0.853. The predicted molar refractivity (Wildman–Crippen MR) is 101 cm³/mol. The minimum atomic E-state index is 0.348. The second kappa shape index (κ2) is 7.40. The molecule has 1 aliphatic carbocycles. The van der Waals surface area contributed by atoms with E-state index in [-0.39, 0.29) is 0 Å². The van der Waals surface area contributed by atoms with Gasteiger partial charge in [0.05, 0.1) is 26.2 Å². The van der Waals surface area contributed by atoms with Gasteiger partial charge < -0.3 is 9.80 Å². The molecule has 4 rings (SSSR count). The summed E-state index contributed by atoms with van der Waals surface area (Å²) in [5.74, 6) is 0.828. The number of allylic oxidation sites excluding steroid dienone is 2. The summed E-state index contributed by atoms with van der Waals surface area (Å²) in [5.41, 5.74) is 1.42. The number of fused-ring (bicyclic) bond motifs is 1.